The minimum absolute atomic E-state index is 0.0583. The first-order chi connectivity index (χ1) is 12.9. The molecule has 0 heterocycles. The first kappa shape index (κ1) is 19.1. The Kier molecular flexibility index (Phi) is 5.63. The van der Waals surface area contributed by atoms with E-state index in [0.29, 0.717) is 12.2 Å². The fourth-order valence-corrected chi connectivity index (χ4v) is 3.54. The van der Waals surface area contributed by atoms with Crippen molar-refractivity contribution in [1.82, 2.24) is 0 Å². The van der Waals surface area contributed by atoms with Crippen molar-refractivity contribution in [3.63, 3.8) is 0 Å². The summed E-state index contributed by atoms with van der Waals surface area (Å²) in [4.78, 5) is 14.9. The molecule has 3 rings (SSSR count). The highest BCUT2D eigenvalue weighted by atomic mass is 35.5. The van der Waals surface area contributed by atoms with Gasteiger partial charge < -0.3 is 4.90 Å². The van der Waals surface area contributed by atoms with Gasteiger partial charge in [0.15, 0.2) is 9.84 Å². The van der Waals surface area contributed by atoms with E-state index in [4.69, 9.17) is 11.6 Å². The van der Waals surface area contributed by atoms with Gasteiger partial charge >= 0.3 is 0 Å². The molecule has 3 aromatic carbocycles. The minimum Gasteiger partial charge on any atom is -0.304 e. The van der Waals surface area contributed by atoms with Gasteiger partial charge in [0.25, 0.3) is 5.91 Å². The first-order valence-electron chi connectivity index (χ1n) is 8.27. The molecule has 138 valence electrons. The lowest BCUT2D eigenvalue weighted by atomic mass is 10.1. The van der Waals surface area contributed by atoms with E-state index >= 15 is 0 Å². The quantitative estimate of drug-likeness (QED) is 0.630. The van der Waals surface area contributed by atoms with Crippen molar-refractivity contribution in [1.29, 1.82) is 0 Å². The molecule has 0 spiro atoms. The predicted molar refractivity (Wildman–Crippen MR) is 108 cm³/mol. The van der Waals surface area contributed by atoms with Crippen LogP contribution >= 0.6 is 11.6 Å². The highest BCUT2D eigenvalue weighted by Gasteiger charge is 2.22. The molecule has 0 saturated heterocycles. The van der Waals surface area contributed by atoms with Gasteiger partial charge in [-0.05, 0) is 35.9 Å². The number of hydrogen-bond acceptors (Lipinski definition) is 3. The summed E-state index contributed by atoms with van der Waals surface area (Å²) in [5, 5.41) is 0.210. The number of para-hydroxylation sites is 1. The molecule has 0 atom stereocenters. The second-order valence-electron chi connectivity index (χ2n) is 6.13. The molecule has 0 aliphatic heterocycles. The van der Waals surface area contributed by atoms with Crippen LogP contribution < -0.4 is 4.90 Å². The smallest absolute Gasteiger partial charge is 0.260 e. The molecule has 0 N–H and O–H groups in total. The van der Waals surface area contributed by atoms with Gasteiger partial charge in [-0.2, -0.15) is 0 Å². The van der Waals surface area contributed by atoms with Crippen LogP contribution in [-0.4, -0.2) is 20.6 Å². The zero-order chi connectivity index (χ0) is 19.4. The number of benzene rings is 3. The number of carbonyl (C=O) groups excluding carboxylic acids is 1. The number of rotatable bonds is 5. The fraction of sp³-hybridized carbons (Fsp3) is 0.0952. The maximum absolute atomic E-state index is 13.3. The SMILES string of the molecule is CS(=O)(=O)c1ccc(Cl)c(C(=O)N(Cc2ccccc2)c2ccccc2)c1. The van der Waals surface area contributed by atoms with Crippen molar-refractivity contribution in [2.75, 3.05) is 11.2 Å². The van der Waals surface area contributed by atoms with Crippen molar-refractivity contribution < 1.29 is 13.2 Å². The summed E-state index contributed by atoms with van der Waals surface area (Å²) >= 11 is 6.23. The average molecular weight is 400 g/mol. The lowest BCUT2D eigenvalue weighted by Gasteiger charge is -2.24. The van der Waals surface area contributed by atoms with Gasteiger partial charge in [-0.1, -0.05) is 60.1 Å². The molecule has 0 aliphatic carbocycles. The van der Waals surface area contributed by atoms with E-state index in [-0.39, 0.29) is 21.4 Å². The number of nitrogens with zero attached hydrogens (tertiary/aromatic N) is 1. The van der Waals surface area contributed by atoms with Crippen LogP contribution in [-0.2, 0) is 16.4 Å². The standard InChI is InChI=1S/C21H18ClNO3S/c1-27(25,26)18-12-13-20(22)19(14-18)21(24)23(17-10-6-3-7-11-17)15-16-8-4-2-5-9-16/h2-14H,15H2,1H3. The van der Waals surface area contributed by atoms with Crippen LogP contribution in [0.4, 0.5) is 5.69 Å². The Morgan fingerprint density at radius 2 is 1.52 bits per heavy atom. The Balaban J connectivity index is 2.06. The second-order valence-corrected chi connectivity index (χ2v) is 8.55. The van der Waals surface area contributed by atoms with E-state index in [1.54, 1.807) is 4.90 Å². The molecule has 6 heteroatoms. The van der Waals surface area contributed by atoms with E-state index in [9.17, 15) is 13.2 Å². The highest BCUT2D eigenvalue weighted by Crippen LogP contribution is 2.26. The number of anilines is 1. The van der Waals surface area contributed by atoms with Crippen LogP contribution in [0, 0.1) is 0 Å². The summed E-state index contributed by atoms with van der Waals surface area (Å²) in [6.45, 7) is 0.336. The molecule has 0 aliphatic rings. The van der Waals surface area contributed by atoms with Gasteiger partial charge in [0, 0.05) is 11.9 Å². The zero-order valence-corrected chi connectivity index (χ0v) is 16.2. The van der Waals surface area contributed by atoms with Crippen LogP contribution in [0.1, 0.15) is 15.9 Å². The Morgan fingerprint density at radius 1 is 0.926 bits per heavy atom. The van der Waals surface area contributed by atoms with Crippen LogP contribution in [0.25, 0.3) is 0 Å². The topological polar surface area (TPSA) is 54.5 Å². The van der Waals surface area contributed by atoms with Gasteiger partial charge in [0.2, 0.25) is 0 Å². The number of hydrogen-bond donors (Lipinski definition) is 0. The predicted octanol–water partition coefficient (Wildman–Crippen LogP) is 4.59. The molecular formula is C21H18ClNO3S. The molecule has 27 heavy (non-hydrogen) atoms. The van der Waals surface area contributed by atoms with Crippen LogP contribution in [0.2, 0.25) is 5.02 Å². The molecule has 0 bridgehead atoms. The lowest BCUT2D eigenvalue weighted by Crippen LogP contribution is -2.30. The molecular weight excluding hydrogens is 382 g/mol. The van der Waals surface area contributed by atoms with E-state index < -0.39 is 9.84 Å². The first-order valence-corrected chi connectivity index (χ1v) is 10.5. The van der Waals surface area contributed by atoms with Gasteiger partial charge in [0.05, 0.1) is 22.0 Å². The average Bonchev–Trinajstić information content (AvgIpc) is 2.66. The second kappa shape index (κ2) is 7.94. The van der Waals surface area contributed by atoms with Crippen molar-refractivity contribution in [2.45, 2.75) is 11.4 Å². The number of amides is 1. The molecule has 0 fully saturated rings. The molecule has 4 nitrogen and oxygen atoms in total. The zero-order valence-electron chi connectivity index (χ0n) is 14.7. The minimum atomic E-state index is -3.45. The van der Waals surface area contributed by atoms with E-state index in [1.165, 1.54) is 18.2 Å². The maximum atomic E-state index is 13.3. The van der Waals surface area contributed by atoms with E-state index in [0.717, 1.165) is 11.8 Å². The normalized spacial score (nSPS) is 11.2. The summed E-state index contributed by atoms with van der Waals surface area (Å²) in [5.74, 6) is -0.361. The highest BCUT2D eigenvalue weighted by molar-refractivity contribution is 7.90. The van der Waals surface area contributed by atoms with Gasteiger partial charge in [-0.15, -0.1) is 0 Å². The van der Waals surface area contributed by atoms with Gasteiger partial charge in [-0.3, -0.25) is 4.79 Å². The van der Waals surface area contributed by atoms with E-state index in [1.807, 2.05) is 60.7 Å². The molecule has 1 amide bonds. The number of halogens is 1. The Labute approximate surface area is 163 Å². The third-order valence-electron chi connectivity index (χ3n) is 4.09. The Bertz CT molecular complexity index is 1050. The van der Waals surface area contributed by atoms with Crippen molar-refractivity contribution in [2.24, 2.45) is 0 Å². The fourth-order valence-electron chi connectivity index (χ4n) is 2.70. The number of carbonyl (C=O) groups is 1. The van der Waals surface area contributed by atoms with Gasteiger partial charge in [-0.25, -0.2) is 8.42 Å². The van der Waals surface area contributed by atoms with Crippen molar-refractivity contribution in [3.8, 4) is 0 Å². The summed E-state index contributed by atoms with van der Waals surface area (Å²) < 4.78 is 23.8. The van der Waals surface area contributed by atoms with Crippen LogP contribution in [0.15, 0.2) is 83.8 Å². The van der Waals surface area contributed by atoms with Crippen LogP contribution in [0.3, 0.4) is 0 Å². The molecule has 3 aromatic rings. The number of sulfone groups is 1. The molecule has 0 unspecified atom stereocenters. The maximum Gasteiger partial charge on any atom is 0.260 e. The van der Waals surface area contributed by atoms with Crippen molar-refractivity contribution in [3.05, 3.63) is 95.0 Å². The van der Waals surface area contributed by atoms with E-state index in [2.05, 4.69) is 0 Å². The molecule has 0 saturated carbocycles. The molecule has 0 radical (unpaired) electrons. The largest absolute Gasteiger partial charge is 0.304 e. The van der Waals surface area contributed by atoms with Gasteiger partial charge in [0.1, 0.15) is 0 Å². The third kappa shape index (κ3) is 4.56. The van der Waals surface area contributed by atoms with Crippen LogP contribution in [0.5, 0.6) is 0 Å². The lowest BCUT2D eigenvalue weighted by molar-refractivity contribution is 0.0985. The Hall–Kier alpha value is -2.63. The monoisotopic (exact) mass is 399 g/mol. The summed E-state index contributed by atoms with van der Waals surface area (Å²) in [6, 6.07) is 23.0. The molecule has 0 aromatic heterocycles. The summed E-state index contributed by atoms with van der Waals surface area (Å²) in [5.41, 5.74) is 1.80. The summed E-state index contributed by atoms with van der Waals surface area (Å²) in [7, 11) is -3.45. The summed E-state index contributed by atoms with van der Waals surface area (Å²) in [6.07, 6.45) is 1.10. The van der Waals surface area contributed by atoms with Crippen molar-refractivity contribution >= 4 is 33.0 Å². The Morgan fingerprint density at radius 3 is 2.11 bits per heavy atom. The third-order valence-corrected chi connectivity index (χ3v) is 5.53.